The van der Waals surface area contributed by atoms with Gasteiger partial charge in [-0.25, -0.2) is 4.79 Å². The number of ether oxygens (including phenoxy) is 1. The van der Waals surface area contributed by atoms with Crippen LogP contribution in [-0.4, -0.2) is 52.8 Å². The van der Waals surface area contributed by atoms with Crippen molar-refractivity contribution < 1.29 is 19.4 Å². The molecule has 1 aromatic heterocycles. The van der Waals surface area contributed by atoms with E-state index in [1.165, 1.54) is 68.0 Å². The highest BCUT2D eigenvalue weighted by molar-refractivity contribution is 5.97. The highest BCUT2D eigenvalue weighted by Crippen LogP contribution is 2.96. The van der Waals surface area contributed by atoms with Crippen LogP contribution in [0.5, 0.6) is 0 Å². The second-order valence-electron chi connectivity index (χ2n) is 13.2. The van der Waals surface area contributed by atoms with E-state index >= 15 is 0 Å². The summed E-state index contributed by atoms with van der Waals surface area (Å²) >= 11 is 0. The van der Waals surface area contributed by atoms with Crippen LogP contribution >= 0.6 is 0 Å². The van der Waals surface area contributed by atoms with E-state index in [1.54, 1.807) is 6.07 Å². The Morgan fingerprint density at radius 2 is 1.78 bits per heavy atom. The number of fused-ring (bicyclic) bond motifs is 5. The van der Waals surface area contributed by atoms with Crippen molar-refractivity contribution in [2.45, 2.75) is 76.7 Å². The van der Waals surface area contributed by atoms with Gasteiger partial charge >= 0.3 is 5.97 Å². The number of hydrogen-bond donors (Lipinski definition) is 1. The molecule has 1 saturated heterocycles. The summed E-state index contributed by atoms with van der Waals surface area (Å²) in [5, 5.41) is 11.1. The summed E-state index contributed by atoms with van der Waals surface area (Å²) in [7, 11) is 0. The molecule has 2 aliphatic heterocycles. The summed E-state index contributed by atoms with van der Waals surface area (Å²) in [6.45, 7) is 5.80. The standard InChI is InChI=1S/C31H38N2O4/c1-18-7-10-22-25-24(19-5-3-2-4-6-19)21-9-8-20(28(34)35)15-23(21)33(25)17-31(26-27(31)30(22,26)16-18)29(36)32-11-13-37-14-12-32/h8-9,15,18-19,22,26-27H,2-7,10-14,16-17H2,1H3,(H,34,35). The molecule has 5 fully saturated rings. The lowest BCUT2D eigenvalue weighted by atomic mass is 9.60. The minimum Gasteiger partial charge on any atom is -0.478 e. The van der Waals surface area contributed by atoms with E-state index in [9.17, 15) is 14.7 Å². The number of morpholine rings is 1. The molecule has 1 N–H and O–H groups in total. The van der Waals surface area contributed by atoms with Crippen LogP contribution < -0.4 is 0 Å². The van der Waals surface area contributed by atoms with Crippen molar-refractivity contribution in [1.29, 1.82) is 0 Å². The maximum atomic E-state index is 14.2. The van der Waals surface area contributed by atoms with Gasteiger partial charge in [0.25, 0.3) is 0 Å². The Kier molecular flexibility index (Phi) is 4.66. The van der Waals surface area contributed by atoms with Crippen LogP contribution in [0.1, 0.15) is 91.7 Å². The number of benzene rings is 1. The summed E-state index contributed by atoms with van der Waals surface area (Å²) < 4.78 is 8.07. The maximum Gasteiger partial charge on any atom is 0.335 e. The number of hydrogen-bond acceptors (Lipinski definition) is 3. The normalized spacial score (nSPS) is 38.4. The van der Waals surface area contributed by atoms with Gasteiger partial charge in [0, 0.05) is 42.1 Å². The number of amides is 1. The second-order valence-corrected chi connectivity index (χ2v) is 13.2. The third-order valence-electron chi connectivity index (χ3n) is 11.5. The Morgan fingerprint density at radius 3 is 2.51 bits per heavy atom. The molecular weight excluding hydrogens is 464 g/mol. The largest absolute Gasteiger partial charge is 0.478 e. The molecule has 4 unspecified atom stereocenters. The maximum absolute atomic E-state index is 14.2. The minimum absolute atomic E-state index is 0.279. The van der Waals surface area contributed by atoms with E-state index in [0.717, 1.165) is 12.1 Å². The third-order valence-corrected chi connectivity index (χ3v) is 11.5. The first kappa shape index (κ1) is 22.6. The molecule has 2 aromatic rings. The topological polar surface area (TPSA) is 71.8 Å². The molecule has 37 heavy (non-hydrogen) atoms. The van der Waals surface area contributed by atoms with Crippen molar-refractivity contribution in [1.82, 2.24) is 9.47 Å². The van der Waals surface area contributed by atoms with E-state index < -0.39 is 5.97 Å². The molecule has 0 bridgehead atoms. The highest BCUT2D eigenvalue weighted by Gasteiger charge is 2.96. The number of nitrogens with zero attached hydrogens (tertiary/aromatic N) is 2. The Balaban J connectivity index is 1.34. The van der Waals surface area contributed by atoms with E-state index in [2.05, 4.69) is 22.5 Å². The molecule has 196 valence electrons. The Bertz CT molecular complexity index is 1300. The Hall–Kier alpha value is -2.34. The Morgan fingerprint density at radius 1 is 1.03 bits per heavy atom. The van der Waals surface area contributed by atoms with Crippen LogP contribution in [0.4, 0.5) is 0 Å². The van der Waals surface area contributed by atoms with E-state index in [1.807, 2.05) is 6.07 Å². The molecule has 6 nitrogen and oxygen atoms in total. The van der Waals surface area contributed by atoms with Crippen molar-refractivity contribution in [3.8, 4) is 0 Å². The number of carboxylic acids is 1. The molecule has 6 heteroatoms. The summed E-state index contributed by atoms with van der Waals surface area (Å²) in [6, 6.07) is 5.81. The van der Waals surface area contributed by atoms with Crippen LogP contribution in [0.25, 0.3) is 10.9 Å². The van der Waals surface area contributed by atoms with Gasteiger partial charge in [0.15, 0.2) is 0 Å². The smallest absolute Gasteiger partial charge is 0.335 e. The van der Waals surface area contributed by atoms with E-state index in [-0.39, 0.29) is 10.8 Å². The lowest BCUT2D eigenvalue weighted by Crippen LogP contribution is -2.50. The van der Waals surface area contributed by atoms with Crippen molar-refractivity contribution in [3.05, 3.63) is 35.0 Å². The van der Waals surface area contributed by atoms with Crippen LogP contribution in [0, 0.1) is 28.6 Å². The van der Waals surface area contributed by atoms with Gasteiger partial charge in [0.2, 0.25) is 5.91 Å². The number of aromatic carboxylic acids is 1. The molecule has 4 atom stereocenters. The number of carboxylic acid groups (broad SMARTS) is 1. The summed E-state index contributed by atoms with van der Waals surface area (Å²) in [6.07, 6.45) is 10.0. The number of rotatable bonds is 3. The molecule has 1 spiro atoms. The second kappa shape index (κ2) is 7.62. The van der Waals surface area contributed by atoms with Gasteiger partial charge in [-0.2, -0.15) is 0 Å². The van der Waals surface area contributed by atoms with Gasteiger partial charge in [0.05, 0.1) is 24.2 Å². The van der Waals surface area contributed by atoms with Crippen molar-refractivity contribution in [2.24, 2.45) is 28.6 Å². The SMILES string of the molecule is CC1CCC2c3c(C4CCCCC4)c4ccc(C(=O)O)cc4n3CC3(C(=O)N4CCOCC4)C4C3C24C1. The molecule has 6 aliphatic rings. The predicted octanol–water partition coefficient (Wildman–Crippen LogP) is 5.40. The Labute approximate surface area is 218 Å². The fourth-order valence-electron chi connectivity index (χ4n) is 10.2. The van der Waals surface area contributed by atoms with Gasteiger partial charge in [0.1, 0.15) is 0 Å². The summed E-state index contributed by atoms with van der Waals surface area (Å²) in [5.41, 5.74) is 4.41. The number of aromatic nitrogens is 1. The van der Waals surface area contributed by atoms with Crippen molar-refractivity contribution in [3.63, 3.8) is 0 Å². The van der Waals surface area contributed by atoms with E-state index in [4.69, 9.17) is 4.74 Å². The zero-order chi connectivity index (χ0) is 25.1. The average molecular weight is 503 g/mol. The quantitative estimate of drug-likeness (QED) is 0.610. The van der Waals surface area contributed by atoms with Gasteiger partial charge < -0.3 is 19.3 Å². The van der Waals surface area contributed by atoms with E-state index in [0.29, 0.717) is 67.4 Å². The summed E-state index contributed by atoms with van der Waals surface area (Å²) in [5.74, 6) is 2.24. The zero-order valence-corrected chi connectivity index (χ0v) is 21.9. The minimum atomic E-state index is -0.873. The molecule has 8 rings (SSSR count). The average Bonchev–Trinajstić information content (AvgIpc) is 3.78. The molecule has 4 saturated carbocycles. The molecule has 1 aromatic carbocycles. The fourth-order valence-corrected chi connectivity index (χ4v) is 10.2. The number of carbonyl (C=O) groups is 2. The molecule has 4 aliphatic carbocycles. The van der Waals surface area contributed by atoms with Crippen LogP contribution in [0.2, 0.25) is 0 Å². The zero-order valence-electron chi connectivity index (χ0n) is 21.9. The van der Waals surface area contributed by atoms with Crippen molar-refractivity contribution in [2.75, 3.05) is 26.3 Å². The first-order valence-corrected chi connectivity index (χ1v) is 14.7. The molecule has 0 radical (unpaired) electrons. The summed E-state index contributed by atoms with van der Waals surface area (Å²) in [4.78, 5) is 28.3. The van der Waals surface area contributed by atoms with Gasteiger partial charge in [-0.1, -0.05) is 38.7 Å². The van der Waals surface area contributed by atoms with Gasteiger partial charge in [-0.3, -0.25) is 4.79 Å². The monoisotopic (exact) mass is 502 g/mol. The van der Waals surface area contributed by atoms with Gasteiger partial charge in [-0.05, 0) is 72.5 Å². The van der Waals surface area contributed by atoms with Gasteiger partial charge in [-0.15, -0.1) is 0 Å². The highest BCUT2D eigenvalue weighted by atomic mass is 16.5. The lowest BCUT2D eigenvalue weighted by molar-refractivity contribution is -0.147. The molecular formula is C31H38N2O4. The molecule has 3 heterocycles. The first-order chi connectivity index (χ1) is 18.0. The van der Waals surface area contributed by atoms with Crippen LogP contribution in [-0.2, 0) is 16.1 Å². The third kappa shape index (κ3) is 2.81. The van der Waals surface area contributed by atoms with Crippen LogP contribution in [0.3, 0.4) is 0 Å². The van der Waals surface area contributed by atoms with Crippen LogP contribution in [0.15, 0.2) is 18.2 Å². The fraction of sp³-hybridized carbons (Fsp3) is 0.677. The molecule has 1 amide bonds. The van der Waals surface area contributed by atoms with Crippen molar-refractivity contribution >= 4 is 22.8 Å². The predicted molar refractivity (Wildman–Crippen MR) is 140 cm³/mol. The first-order valence-electron chi connectivity index (χ1n) is 14.7. The number of carbonyl (C=O) groups excluding carboxylic acids is 1. The lowest BCUT2D eigenvalue weighted by Gasteiger charge is -2.44.